The van der Waals surface area contributed by atoms with Gasteiger partial charge in [0.1, 0.15) is 5.82 Å². The number of morpholine rings is 1. The number of carbonyl (C=O) groups is 1. The maximum absolute atomic E-state index is 11.8. The highest BCUT2D eigenvalue weighted by Gasteiger charge is 2.30. The van der Waals surface area contributed by atoms with Crippen LogP contribution in [0.3, 0.4) is 0 Å². The third-order valence-electron chi connectivity index (χ3n) is 5.79. The van der Waals surface area contributed by atoms with Crippen LogP contribution in [-0.2, 0) is 11.2 Å². The van der Waals surface area contributed by atoms with Gasteiger partial charge >= 0.3 is 6.03 Å². The second kappa shape index (κ2) is 9.94. The summed E-state index contributed by atoms with van der Waals surface area (Å²) in [5, 5.41) is 18.3. The van der Waals surface area contributed by atoms with E-state index >= 15 is 0 Å². The molecule has 1 saturated heterocycles. The smallest absolute Gasteiger partial charge is 0.319 e. The van der Waals surface area contributed by atoms with Crippen molar-refractivity contribution in [3.63, 3.8) is 0 Å². The molecule has 2 atom stereocenters. The Labute approximate surface area is 188 Å². The molecule has 1 fully saturated rings. The fourth-order valence-electron chi connectivity index (χ4n) is 4.19. The van der Waals surface area contributed by atoms with Crippen LogP contribution >= 0.6 is 0 Å². The molecule has 0 aliphatic carbocycles. The molecule has 1 aromatic heterocycles. The zero-order valence-corrected chi connectivity index (χ0v) is 18.5. The Morgan fingerprint density at radius 1 is 1.34 bits per heavy atom. The zero-order chi connectivity index (χ0) is 22.5. The van der Waals surface area contributed by atoms with Crippen LogP contribution in [0.15, 0.2) is 24.3 Å². The normalized spacial score (nSPS) is 20.2. The molecular weight excluding hydrogens is 406 g/mol. The van der Waals surface area contributed by atoms with Crippen molar-refractivity contribution in [2.24, 2.45) is 0 Å². The molecule has 0 unspecified atom stereocenters. The summed E-state index contributed by atoms with van der Waals surface area (Å²) in [4.78, 5) is 24.0. The molecule has 4 rings (SSSR count). The molecule has 2 aromatic rings. The monoisotopic (exact) mass is 435 g/mol. The second-order valence-corrected chi connectivity index (χ2v) is 8.03. The number of carbonyl (C=O) groups excluding carboxylic acids is 1. The van der Waals surface area contributed by atoms with Crippen LogP contribution < -0.4 is 20.9 Å². The van der Waals surface area contributed by atoms with Crippen LogP contribution in [0.2, 0.25) is 0 Å². The van der Waals surface area contributed by atoms with Gasteiger partial charge in [0.25, 0.3) is 0 Å². The van der Waals surface area contributed by atoms with Crippen LogP contribution in [0.1, 0.15) is 37.6 Å². The predicted molar refractivity (Wildman–Crippen MR) is 122 cm³/mol. The summed E-state index contributed by atoms with van der Waals surface area (Å²) in [7, 11) is 0. The maximum atomic E-state index is 11.8. The number of amides is 2. The summed E-state index contributed by atoms with van der Waals surface area (Å²) in [6.07, 6.45) is 1.18. The largest absolute Gasteiger partial charge is 0.377 e. The molecule has 9 heteroatoms. The number of urea groups is 1. The van der Waals surface area contributed by atoms with Crippen molar-refractivity contribution in [3.8, 4) is 17.5 Å². The lowest BCUT2D eigenvalue weighted by molar-refractivity contribution is 0.0984. The highest BCUT2D eigenvalue weighted by Crippen LogP contribution is 2.34. The quantitative estimate of drug-likeness (QED) is 0.661. The zero-order valence-electron chi connectivity index (χ0n) is 18.5. The second-order valence-electron chi connectivity index (χ2n) is 8.03. The molecule has 2 amide bonds. The number of fused-ring (bicyclic) bond motifs is 1. The fourth-order valence-corrected chi connectivity index (χ4v) is 4.19. The molecule has 0 bridgehead atoms. The van der Waals surface area contributed by atoms with Crippen LogP contribution in [0, 0.1) is 11.3 Å². The summed E-state index contributed by atoms with van der Waals surface area (Å²) in [6.45, 7) is 7.48. The summed E-state index contributed by atoms with van der Waals surface area (Å²) in [5.41, 5.74) is 3.58. The predicted octanol–water partition coefficient (Wildman–Crippen LogP) is 2.61. The van der Waals surface area contributed by atoms with Crippen molar-refractivity contribution in [2.45, 2.75) is 38.8 Å². The first-order valence-electron chi connectivity index (χ1n) is 11.1. The van der Waals surface area contributed by atoms with Crippen molar-refractivity contribution >= 4 is 17.5 Å². The minimum absolute atomic E-state index is 0.112. The summed E-state index contributed by atoms with van der Waals surface area (Å²) in [5.74, 6) is 1.56. The van der Waals surface area contributed by atoms with E-state index in [1.165, 1.54) is 0 Å². The van der Waals surface area contributed by atoms with Gasteiger partial charge in [-0.25, -0.2) is 14.8 Å². The van der Waals surface area contributed by atoms with E-state index in [1.54, 1.807) is 0 Å². The molecule has 3 N–H and O–H groups in total. The maximum Gasteiger partial charge on any atom is 0.319 e. The Morgan fingerprint density at radius 3 is 2.88 bits per heavy atom. The van der Waals surface area contributed by atoms with Crippen molar-refractivity contribution in [1.82, 2.24) is 20.6 Å². The van der Waals surface area contributed by atoms with Gasteiger partial charge in [-0.15, -0.1) is 0 Å². The molecule has 2 aliphatic rings. The van der Waals surface area contributed by atoms with Crippen molar-refractivity contribution in [3.05, 3.63) is 35.5 Å². The first-order chi connectivity index (χ1) is 15.6. The van der Waals surface area contributed by atoms with Gasteiger partial charge in [0.15, 0.2) is 5.82 Å². The minimum atomic E-state index is -0.237. The van der Waals surface area contributed by atoms with Gasteiger partial charge in [0, 0.05) is 36.4 Å². The van der Waals surface area contributed by atoms with Crippen molar-refractivity contribution < 1.29 is 9.53 Å². The number of hydrogen-bond acceptors (Lipinski definition) is 7. The summed E-state index contributed by atoms with van der Waals surface area (Å²) in [6, 6.07) is 9.64. The minimum Gasteiger partial charge on any atom is -0.377 e. The Balaban J connectivity index is 1.72. The first-order valence-corrected chi connectivity index (χ1v) is 11.1. The van der Waals surface area contributed by atoms with Gasteiger partial charge in [-0.3, -0.25) is 0 Å². The van der Waals surface area contributed by atoms with Crippen molar-refractivity contribution in [1.29, 1.82) is 5.26 Å². The van der Waals surface area contributed by atoms with Gasteiger partial charge in [-0.2, -0.15) is 5.26 Å². The van der Waals surface area contributed by atoms with E-state index in [-0.39, 0.29) is 18.1 Å². The van der Waals surface area contributed by atoms with E-state index in [0.29, 0.717) is 37.7 Å². The lowest BCUT2D eigenvalue weighted by Gasteiger charge is -2.37. The number of hydrogen-bond donors (Lipinski definition) is 3. The molecule has 1 aromatic carbocycles. The lowest BCUT2D eigenvalue weighted by atomic mass is 9.97. The average molecular weight is 436 g/mol. The molecule has 168 valence electrons. The van der Waals surface area contributed by atoms with Gasteiger partial charge in [0.2, 0.25) is 0 Å². The van der Waals surface area contributed by atoms with Crippen LogP contribution in [0.25, 0.3) is 11.4 Å². The molecule has 3 heterocycles. The Kier molecular flexibility index (Phi) is 6.83. The Hall–Kier alpha value is -3.22. The Bertz CT molecular complexity index is 1000. The number of ether oxygens (including phenoxy) is 1. The number of nitrogens with zero attached hydrogens (tertiary/aromatic N) is 4. The SMILES string of the molecule is CCNC(=O)Nc1ccc(-c2nc3c(c(N4CCOC[C@@H]4C)n2)CCN[C@H]3CC#N)cc1. The average Bonchev–Trinajstić information content (AvgIpc) is 2.80. The van der Waals surface area contributed by atoms with E-state index < -0.39 is 0 Å². The third-order valence-corrected chi connectivity index (χ3v) is 5.79. The summed E-state index contributed by atoms with van der Waals surface area (Å²) >= 11 is 0. The molecular formula is C23H29N7O2. The van der Waals surface area contributed by atoms with Crippen LogP contribution in [-0.4, -0.2) is 54.9 Å². The number of nitriles is 1. The van der Waals surface area contributed by atoms with E-state index in [4.69, 9.17) is 14.7 Å². The number of aromatic nitrogens is 2. The van der Waals surface area contributed by atoms with E-state index in [2.05, 4.69) is 33.8 Å². The number of rotatable bonds is 5. The van der Waals surface area contributed by atoms with E-state index in [1.807, 2.05) is 31.2 Å². The van der Waals surface area contributed by atoms with Crippen LogP contribution in [0.4, 0.5) is 16.3 Å². The van der Waals surface area contributed by atoms with Gasteiger partial charge < -0.3 is 25.6 Å². The molecule has 0 spiro atoms. The van der Waals surface area contributed by atoms with Crippen LogP contribution in [0.5, 0.6) is 0 Å². The van der Waals surface area contributed by atoms with E-state index in [9.17, 15) is 10.1 Å². The number of anilines is 2. The summed E-state index contributed by atoms with van der Waals surface area (Å²) < 4.78 is 5.63. The lowest BCUT2D eigenvalue weighted by Crippen LogP contribution is -2.45. The van der Waals surface area contributed by atoms with E-state index in [0.717, 1.165) is 42.1 Å². The standard InChI is InChI=1S/C23H29N7O2/c1-3-25-23(31)27-17-6-4-16(5-7-17)21-28-20-18(9-11-26-19(20)8-10-24)22(29-21)30-12-13-32-14-15(30)2/h4-7,15,19,26H,3,8-9,11-14H2,1-2H3,(H2,25,27,31)/t15-,19-/m0/s1. The number of benzene rings is 1. The van der Waals surface area contributed by atoms with Gasteiger partial charge in [-0.05, 0) is 44.5 Å². The van der Waals surface area contributed by atoms with Crippen molar-refractivity contribution in [2.75, 3.05) is 43.1 Å². The molecule has 0 saturated carbocycles. The first kappa shape index (κ1) is 22.0. The third kappa shape index (κ3) is 4.66. The highest BCUT2D eigenvalue weighted by atomic mass is 16.5. The van der Waals surface area contributed by atoms with Gasteiger partial charge in [0.05, 0.1) is 43.5 Å². The number of nitrogens with one attached hydrogen (secondary N) is 3. The fraction of sp³-hybridized carbons (Fsp3) is 0.478. The molecule has 2 aliphatic heterocycles. The highest BCUT2D eigenvalue weighted by molar-refractivity contribution is 5.89. The molecule has 9 nitrogen and oxygen atoms in total. The molecule has 0 radical (unpaired) electrons. The van der Waals surface area contributed by atoms with Gasteiger partial charge in [-0.1, -0.05) is 0 Å². The molecule has 32 heavy (non-hydrogen) atoms. The Morgan fingerprint density at radius 2 is 2.16 bits per heavy atom. The topological polar surface area (TPSA) is 115 Å².